The molecule has 2 amide bonds. The summed E-state index contributed by atoms with van der Waals surface area (Å²) in [5.41, 5.74) is 0. The summed E-state index contributed by atoms with van der Waals surface area (Å²) >= 11 is 0. The van der Waals surface area contributed by atoms with Crippen molar-refractivity contribution in [2.45, 2.75) is 57.9 Å². The van der Waals surface area contributed by atoms with E-state index in [4.69, 9.17) is 0 Å². The van der Waals surface area contributed by atoms with Crippen LogP contribution in [-0.2, 0) is 9.59 Å². The van der Waals surface area contributed by atoms with Crippen molar-refractivity contribution in [3.63, 3.8) is 0 Å². The Labute approximate surface area is 158 Å². The molecule has 3 fully saturated rings. The number of rotatable bonds is 5. The Balaban J connectivity index is 1.35. The zero-order valence-electron chi connectivity index (χ0n) is 16.4. The maximum atomic E-state index is 12.6. The van der Waals surface area contributed by atoms with E-state index in [0.717, 1.165) is 65.1 Å². The summed E-state index contributed by atoms with van der Waals surface area (Å²) in [6.45, 7) is 8.98. The fourth-order valence-corrected chi connectivity index (χ4v) is 4.56. The molecular formula is C20H36N4O2. The molecule has 0 saturated carbocycles. The number of likely N-dealkylation sites (tertiary alicyclic amines) is 1. The summed E-state index contributed by atoms with van der Waals surface area (Å²) in [6, 6.07) is 0.383. The topological polar surface area (TPSA) is 55.9 Å². The van der Waals surface area contributed by atoms with Crippen LogP contribution in [0.3, 0.4) is 0 Å². The van der Waals surface area contributed by atoms with Crippen molar-refractivity contribution >= 4 is 11.8 Å². The molecule has 3 saturated heterocycles. The van der Waals surface area contributed by atoms with E-state index < -0.39 is 0 Å². The summed E-state index contributed by atoms with van der Waals surface area (Å²) in [5, 5.41) is 3.38. The normalized spacial score (nSPS) is 26.1. The van der Waals surface area contributed by atoms with Gasteiger partial charge in [-0.25, -0.2) is 0 Å². The lowest BCUT2D eigenvalue weighted by atomic mass is 9.93. The van der Waals surface area contributed by atoms with Crippen molar-refractivity contribution in [1.82, 2.24) is 20.0 Å². The molecule has 6 heteroatoms. The van der Waals surface area contributed by atoms with Crippen molar-refractivity contribution < 1.29 is 9.59 Å². The highest BCUT2D eigenvalue weighted by molar-refractivity contribution is 5.79. The van der Waals surface area contributed by atoms with Crippen LogP contribution in [0.1, 0.15) is 51.9 Å². The van der Waals surface area contributed by atoms with Gasteiger partial charge in [0.25, 0.3) is 0 Å². The van der Waals surface area contributed by atoms with Crippen molar-refractivity contribution in [2.75, 3.05) is 52.4 Å². The number of amides is 2. The fraction of sp³-hybridized carbons (Fsp3) is 0.900. The highest BCUT2D eigenvalue weighted by Gasteiger charge is 2.27. The molecule has 148 valence electrons. The van der Waals surface area contributed by atoms with Gasteiger partial charge in [-0.15, -0.1) is 0 Å². The Morgan fingerprint density at radius 1 is 0.923 bits per heavy atom. The number of hydrogen-bond acceptors (Lipinski definition) is 4. The summed E-state index contributed by atoms with van der Waals surface area (Å²) in [6.07, 6.45) is 7.64. The fourth-order valence-electron chi connectivity index (χ4n) is 4.56. The van der Waals surface area contributed by atoms with Crippen molar-refractivity contribution in [1.29, 1.82) is 0 Å². The van der Waals surface area contributed by atoms with Gasteiger partial charge >= 0.3 is 0 Å². The van der Waals surface area contributed by atoms with Gasteiger partial charge in [-0.2, -0.15) is 0 Å². The molecule has 1 N–H and O–H groups in total. The molecule has 1 atom stereocenters. The van der Waals surface area contributed by atoms with Crippen molar-refractivity contribution in [3.8, 4) is 0 Å². The number of carbonyl (C=O) groups is 2. The predicted octanol–water partition coefficient (Wildman–Crippen LogP) is 1.31. The van der Waals surface area contributed by atoms with Gasteiger partial charge in [0.15, 0.2) is 0 Å². The van der Waals surface area contributed by atoms with E-state index in [-0.39, 0.29) is 5.91 Å². The van der Waals surface area contributed by atoms with Gasteiger partial charge in [0.05, 0.1) is 6.54 Å². The molecule has 3 heterocycles. The van der Waals surface area contributed by atoms with E-state index in [2.05, 4.69) is 22.0 Å². The second kappa shape index (κ2) is 9.70. The first-order valence-corrected chi connectivity index (χ1v) is 10.6. The van der Waals surface area contributed by atoms with Gasteiger partial charge in [0.2, 0.25) is 11.8 Å². The van der Waals surface area contributed by atoms with Crippen LogP contribution in [0.4, 0.5) is 0 Å². The van der Waals surface area contributed by atoms with Gasteiger partial charge in [0, 0.05) is 45.2 Å². The summed E-state index contributed by atoms with van der Waals surface area (Å²) in [7, 11) is 0. The molecule has 3 rings (SSSR count). The molecule has 1 unspecified atom stereocenters. The zero-order valence-corrected chi connectivity index (χ0v) is 16.4. The minimum Gasteiger partial charge on any atom is -0.340 e. The monoisotopic (exact) mass is 364 g/mol. The Morgan fingerprint density at radius 2 is 1.65 bits per heavy atom. The lowest BCUT2D eigenvalue weighted by molar-refractivity contribution is -0.137. The molecule has 0 spiro atoms. The first kappa shape index (κ1) is 19.6. The number of hydrogen-bond donors (Lipinski definition) is 1. The van der Waals surface area contributed by atoms with Crippen LogP contribution >= 0.6 is 0 Å². The molecule has 0 aromatic rings. The SMILES string of the molecule is CC1CCCCN1C(=O)CN1CCN(C(=O)CCC2CCNCC2)CC1. The van der Waals surface area contributed by atoms with Gasteiger partial charge in [-0.05, 0) is 64.5 Å². The molecule has 0 aromatic heterocycles. The predicted molar refractivity (Wildman–Crippen MR) is 103 cm³/mol. The smallest absolute Gasteiger partial charge is 0.236 e. The molecule has 3 aliphatic rings. The second-order valence-corrected chi connectivity index (χ2v) is 8.32. The van der Waals surface area contributed by atoms with Crippen LogP contribution in [0, 0.1) is 5.92 Å². The minimum absolute atomic E-state index is 0.267. The molecule has 26 heavy (non-hydrogen) atoms. The Kier molecular flexibility index (Phi) is 7.32. The van der Waals surface area contributed by atoms with E-state index in [1.807, 2.05) is 4.90 Å². The Hall–Kier alpha value is -1.14. The minimum atomic E-state index is 0.267. The molecule has 0 bridgehead atoms. The highest BCUT2D eigenvalue weighted by Crippen LogP contribution is 2.19. The van der Waals surface area contributed by atoms with Crippen LogP contribution in [0.5, 0.6) is 0 Å². The van der Waals surface area contributed by atoms with E-state index in [1.54, 1.807) is 0 Å². The summed E-state index contributed by atoms with van der Waals surface area (Å²) in [4.78, 5) is 31.3. The maximum absolute atomic E-state index is 12.6. The van der Waals surface area contributed by atoms with Crippen LogP contribution in [-0.4, -0.2) is 84.9 Å². The van der Waals surface area contributed by atoms with E-state index >= 15 is 0 Å². The van der Waals surface area contributed by atoms with Crippen molar-refractivity contribution in [3.05, 3.63) is 0 Å². The van der Waals surface area contributed by atoms with Gasteiger partial charge in [-0.3, -0.25) is 14.5 Å². The standard InChI is InChI=1S/C20H36N4O2/c1-17-4-2-3-11-24(17)20(26)16-22-12-14-23(15-13-22)19(25)6-5-18-7-9-21-10-8-18/h17-18,21H,2-16H2,1H3. The second-order valence-electron chi connectivity index (χ2n) is 8.32. The number of nitrogens with zero attached hydrogens (tertiary/aromatic N) is 3. The third-order valence-corrected chi connectivity index (χ3v) is 6.43. The van der Waals surface area contributed by atoms with Crippen molar-refractivity contribution in [2.24, 2.45) is 5.92 Å². The lowest BCUT2D eigenvalue weighted by Gasteiger charge is -2.38. The molecule has 3 aliphatic heterocycles. The first-order valence-electron chi connectivity index (χ1n) is 10.6. The third kappa shape index (κ3) is 5.43. The van der Waals surface area contributed by atoms with E-state index in [1.165, 1.54) is 19.3 Å². The van der Waals surface area contributed by atoms with Gasteiger partial charge < -0.3 is 15.1 Å². The zero-order chi connectivity index (χ0) is 18.4. The number of piperidine rings is 2. The maximum Gasteiger partial charge on any atom is 0.236 e. The third-order valence-electron chi connectivity index (χ3n) is 6.43. The quantitative estimate of drug-likeness (QED) is 0.799. The molecule has 6 nitrogen and oxygen atoms in total. The average Bonchev–Trinajstić information content (AvgIpc) is 2.68. The number of carbonyl (C=O) groups excluding carboxylic acids is 2. The first-order chi connectivity index (χ1) is 12.6. The highest BCUT2D eigenvalue weighted by atomic mass is 16.2. The number of nitrogens with one attached hydrogen (secondary N) is 1. The Bertz CT molecular complexity index is 470. The van der Waals surface area contributed by atoms with Crippen LogP contribution in [0.25, 0.3) is 0 Å². The Morgan fingerprint density at radius 3 is 2.35 bits per heavy atom. The molecular weight excluding hydrogens is 328 g/mol. The summed E-state index contributed by atoms with van der Waals surface area (Å²) in [5.74, 6) is 1.28. The molecule has 0 aliphatic carbocycles. The van der Waals surface area contributed by atoms with E-state index in [9.17, 15) is 9.59 Å². The van der Waals surface area contributed by atoms with Crippen LogP contribution in [0.2, 0.25) is 0 Å². The number of piperazine rings is 1. The van der Waals surface area contributed by atoms with Gasteiger partial charge in [0.1, 0.15) is 0 Å². The largest absolute Gasteiger partial charge is 0.340 e. The van der Waals surface area contributed by atoms with Gasteiger partial charge in [-0.1, -0.05) is 0 Å². The lowest BCUT2D eigenvalue weighted by Crippen LogP contribution is -2.53. The van der Waals surface area contributed by atoms with Crippen LogP contribution in [0.15, 0.2) is 0 Å². The average molecular weight is 365 g/mol. The molecule has 0 radical (unpaired) electrons. The molecule has 0 aromatic carbocycles. The van der Waals surface area contributed by atoms with Crippen LogP contribution < -0.4 is 5.32 Å². The van der Waals surface area contributed by atoms with E-state index in [0.29, 0.717) is 30.8 Å². The summed E-state index contributed by atoms with van der Waals surface area (Å²) < 4.78 is 0.